The Hall–Kier alpha value is -2.20. The third kappa shape index (κ3) is 3.63. The molecule has 4 rings (SSSR count). The Balaban J connectivity index is 1.59. The summed E-state index contributed by atoms with van der Waals surface area (Å²) in [7, 11) is 0. The number of ether oxygens (including phenoxy) is 1. The smallest absolute Gasteiger partial charge is 0.134 e. The molecule has 0 aliphatic carbocycles. The molecular weight excluding hydrogens is 341 g/mol. The van der Waals surface area contributed by atoms with Gasteiger partial charge in [0.1, 0.15) is 17.9 Å². The Morgan fingerprint density at radius 1 is 1.26 bits per heavy atom. The number of fused-ring (bicyclic) bond motifs is 1. The van der Waals surface area contributed by atoms with Crippen LogP contribution in [0.1, 0.15) is 54.0 Å². The second-order valence-corrected chi connectivity index (χ2v) is 7.64. The average Bonchev–Trinajstić information content (AvgIpc) is 3.29. The highest BCUT2D eigenvalue weighted by Gasteiger charge is 2.35. The van der Waals surface area contributed by atoms with Crippen molar-refractivity contribution in [2.45, 2.75) is 44.6 Å². The molecule has 2 aliphatic rings. The minimum absolute atomic E-state index is 0.0692. The van der Waals surface area contributed by atoms with Crippen molar-refractivity contribution in [3.63, 3.8) is 0 Å². The van der Waals surface area contributed by atoms with Crippen LogP contribution in [0.5, 0.6) is 5.75 Å². The standard InChI is InChI=1S/C23H26FNO2/c1-2-3-16-4-6-17(7-5-16)22-13-19(15-25(22)9-10-26)20-14-23-18(8-11-27-23)12-21(20)24/h4-7,10,12,14,19,22H,2-3,8-9,11,13,15H2,1H3/t19-,22-/m1/s1. The van der Waals surface area contributed by atoms with Crippen molar-refractivity contribution < 1.29 is 13.9 Å². The number of aryl methyl sites for hydroxylation is 1. The lowest BCUT2D eigenvalue weighted by Crippen LogP contribution is -2.25. The summed E-state index contributed by atoms with van der Waals surface area (Å²) < 4.78 is 20.4. The molecule has 3 nitrogen and oxygen atoms in total. The van der Waals surface area contributed by atoms with Crippen molar-refractivity contribution in [3.8, 4) is 5.75 Å². The van der Waals surface area contributed by atoms with Crippen LogP contribution in [0.15, 0.2) is 36.4 Å². The third-order valence-electron chi connectivity index (χ3n) is 5.86. The van der Waals surface area contributed by atoms with Crippen LogP contribution < -0.4 is 4.74 Å². The van der Waals surface area contributed by atoms with Gasteiger partial charge in [-0.05, 0) is 41.7 Å². The van der Waals surface area contributed by atoms with Crippen molar-refractivity contribution in [1.29, 1.82) is 0 Å². The van der Waals surface area contributed by atoms with Gasteiger partial charge in [-0.15, -0.1) is 0 Å². The molecule has 27 heavy (non-hydrogen) atoms. The first-order valence-electron chi connectivity index (χ1n) is 9.91. The molecule has 2 aromatic rings. The van der Waals surface area contributed by atoms with E-state index in [1.165, 1.54) is 11.1 Å². The van der Waals surface area contributed by atoms with Crippen LogP contribution in [0.3, 0.4) is 0 Å². The summed E-state index contributed by atoms with van der Waals surface area (Å²) in [5.74, 6) is 0.745. The molecule has 2 aliphatic heterocycles. The van der Waals surface area contributed by atoms with Gasteiger partial charge in [0, 0.05) is 30.5 Å². The minimum atomic E-state index is -0.144. The second-order valence-electron chi connectivity index (χ2n) is 7.64. The Labute approximate surface area is 160 Å². The fourth-order valence-corrected chi connectivity index (χ4v) is 4.49. The lowest BCUT2D eigenvalue weighted by molar-refractivity contribution is -0.109. The lowest BCUT2D eigenvalue weighted by atomic mass is 9.92. The van der Waals surface area contributed by atoms with Gasteiger partial charge >= 0.3 is 0 Å². The van der Waals surface area contributed by atoms with Crippen molar-refractivity contribution in [2.75, 3.05) is 19.7 Å². The lowest BCUT2D eigenvalue weighted by Gasteiger charge is -2.22. The monoisotopic (exact) mass is 367 g/mol. The number of nitrogens with zero attached hydrogens (tertiary/aromatic N) is 1. The zero-order valence-corrected chi connectivity index (χ0v) is 15.8. The minimum Gasteiger partial charge on any atom is -0.493 e. The molecule has 0 N–H and O–H groups in total. The molecule has 142 valence electrons. The summed E-state index contributed by atoms with van der Waals surface area (Å²) in [6.07, 6.45) is 4.74. The third-order valence-corrected chi connectivity index (χ3v) is 5.86. The molecule has 1 fully saturated rings. The van der Waals surface area contributed by atoms with Crippen LogP contribution in [0, 0.1) is 5.82 Å². The van der Waals surface area contributed by atoms with E-state index in [-0.39, 0.29) is 17.8 Å². The number of halogens is 1. The topological polar surface area (TPSA) is 29.5 Å². The van der Waals surface area contributed by atoms with Gasteiger partial charge in [-0.3, -0.25) is 4.90 Å². The Bertz CT molecular complexity index is 818. The highest BCUT2D eigenvalue weighted by atomic mass is 19.1. The number of carbonyl (C=O) groups is 1. The van der Waals surface area contributed by atoms with E-state index in [2.05, 4.69) is 36.1 Å². The predicted octanol–water partition coefficient (Wildman–Crippen LogP) is 4.44. The molecule has 4 heteroatoms. The number of hydrogen-bond acceptors (Lipinski definition) is 3. The first kappa shape index (κ1) is 18.2. The van der Waals surface area contributed by atoms with Gasteiger partial charge in [-0.2, -0.15) is 0 Å². The van der Waals surface area contributed by atoms with Crippen molar-refractivity contribution in [2.24, 2.45) is 0 Å². The molecule has 0 radical (unpaired) electrons. The maximum atomic E-state index is 14.7. The van der Waals surface area contributed by atoms with Crippen LogP contribution in [-0.4, -0.2) is 30.9 Å². The van der Waals surface area contributed by atoms with E-state index in [9.17, 15) is 9.18 Å². The fraction of sp³-hybridized carbons (Fsp3) is 0.435. The van der Waals surface area contributed by atoms with Crippen molar-refractivity contribution >= 4 is 6.29 Å². The number of hydrogen-bond donors (Lipinski definition) is 0. The van der Waals surface area contributed by atoms with E-state index in [0.717, 1.165) is 48.8 Å². The predicted molar refractivity (Wildman–Crippen MR) is 104 cm³/mol. The molecular formula is C23H26FNO2. The molecule has 0 amide bonds. The van der Waals surface area contributed by atoms with Gasteiger partial charge < -0.3 is 9.53 Å². The molecule has 2 atom stereocenters. The Morgan fingerprint density at radius 2 is 2.07 bits per heavy atom. The fourth-order valence-electron chi connectivity index (χ4n) is 4.49. The van der Waals surface area contributed by atoms with Crippen LogP contribution in [0.2, 0.25) is 0 Å². The summed E-state index contributed by atoms with van der Waals surface area (Å²) in [5.41, 5.74) is 4.22. The van der Waals surface area contributed by atoms with Crippen LogP contribution >= 0.6 is 0 Å². The van der Waals surface area contributed by atoms with Gasteiger partial charge in [0.2, 0.25) is 0 Å². The summed E-state index contributed by atoms with van der Waals surface area (Å²) in [6.45, 7) is 3.87. The molecule has 1 saturated heterocycles. The normalized spacial score (nSPS) is 21.9. The second kappa shape index (κ2) is 7.81. The van der Waals surface area contributed by atoms with Crippen molar-refractivity contribution in [1.82, 2.24) is 4.90 Å². The van der Waals surface area contributed by atoms with E-state index < -0.39 is 0 Å². The summed E-state index contributed by atoms with van der Waals surface area (Å²) in [4.78, 5) is 13.4. The van der Waals surface area contributed by atoms with Gasteiger partial charge in [0.05, 0.1) is 13.2 Å². The molecule has 0 aromatic heterocycles. The zero-order valence-electron chi connectivity index (χ0n) is 15.8. The first-order chi connectivity index (χ1) is 13.2. The van der Waals surface area contributed by atoms with Gasteiger partial charge in [-0.25, -0.2) is 4.39 Å². The Kier molecular flexibility index (Phi) is 5.26. The Morgan fingerprint density at radius 3 is 2.81 bits per heavy atom. The first-order valence-corrected chi connectivity index (χ1v) is 9.91. The SMILES string of the molecule is CCCc1ccc([C@H]2C[C@@H](c3cc4c(cc3F)CCO4)CN2CC=O)cc1. The maximum absolute atomic E-state index is 14.7. The number of carbonyl (C=O) groups excluding carboxylic acids is 1. The molecule has 0 saturated carbocycles. The van der Waals surface area contributed by atoms with Gasteiger partial charge in [0.15, 0.2) is 0 Å². The highest BCUT2D eigenvalue weighted by molar-refractivity contribution is 5.52. The van der Waals surface area contributed by atoms with Gasteiger partial charge in [-0.1, -0.05) is 37.6 Å². The summed E-state index contributed by atoms with van der Waals surface area (Å²) in [5, 5.41) is 0. The van der Waals surface area contributed by atoms with E-state index in [1.807, 2.05) is 6.07 Å². The zero-order chi connectivity index (χ0) is 18.8. The molecule has 2 heterocycles. The van der Waals surface area contributed by atoms with Gasteiger partial charge in [0.25, 0.3) is 0 Å². The largest absolute Gasteiger partial charge is 0.493 e. The van der Waals surface area contributed by atoms with E-state index in [1.54, 1.807) is 6.07 Å². The molecule has 0 spiro atoms. The number of likely N-dealkylation sites (tertiary alicyclic amines) is 1. The quantitative estimate of drug-likeness (QED) is 0.707. The van der Waals surface area contributed by atoms with Crippen LogP contribution in [0.25, 0.3) is 0 Å². The van der Waals surface area contributed by atoms with Crippen molar-refractivity contribution in [3.05, 3.63) is 64.5 Å². The summed E-state index contributed by atoms with van der Waals surface area (Å²) in [6, 6.07) is 12.3. The highest BCUT2D eigenvalue weighted by Crippen LogP contribution is 2.42. The number of aldehydes is 1. The van der Waals surface area contributed by atoms with E-state index in [0.29, 0.717) is 19.7 Å². The number of benzene rings is 2. The van der Waals surface area contributed by atoms with E-state index in [4.69, 9.17) is 4.74 Å². The molecule has 2 aromatic carbocycles. The average molecular weight is 367 g/mol. The maximum Gasteiger partial charge on any atom is 0.134 e. The summed E-state index contributed by atoms with van der Waals surface area (Å²) >= 11 is 0. The molecule has 0 bridgehead atoms. The van der Waals surface area contributed by atoms with Crippen LogP contribution in [-0.2, 0) is 17.6 Å². The van der Waals surface area contributed by atoms with Crippen LogP contribution in [0.4, 0.5) is 4.39 Å². The molecule has 0 unspecified atom stereocenters. The number of rotatable bonds is 6. The van der Waals surface area contributed by atoms with E-state index >= 15 is 0 Å².